The highest BCUT2D eigenvalue weighted by Gasteiger charge is 2.09. The predicted molar refractivity (Wildman–Crippen MR) is 97.6 cm³/mol. The Morgan fingerprint density at radius 1 is 1.04 bits per heavy atom. The van der Waals surface area contributed by atoms with Crippen LogP contribution in [-0.4, -0.2) is 33.5 Å². The smallest absolute Gasteiger partial charge is 0.235 e. The lowest BCUT2D eigenvalue weighted by molar-refractivity contribution is -0.114. The third-order valence-corrected chi connectivity index (χ3v) is 4.16. The van der Waals surface area contributed by atoms with Gasteiger partial charge in [-0.1, -0.05) is 23.4 Å². The fourth-order valence-electron chi connectivity index (χ4n) is 2.16. The first kappa shape index (κ1) is 17.0. The van der Waals surface area contributed by atoms with E-state index < -0.39 is 0 Å². The second-order valence-electron chi connectivity index (χ2n) is 5.30. The van der Waals surface area contributed by atoms with Crippen LogP contribution >= 0.6 is 11.8 Å². The van der Waals surface area contributed by atoms with E-state index in [1.165, 1.54) is 11.8 Å². The van der Waals surface area contributed by atoms with E-state index in [4.69, 9.17) is 4.52 Å². The summed E-state index contributed by atoms with van der Waals surface area (Å²) in [6, 6.07) is 13.0. The van der Waals surface area contributed by atoms with Crippen molar-refractivity contribution >= 4 is 46.1 Å². The molecule has 0 aliphatic heterocycles. The SMILES string of the molecule is Cc1cc(NC(=O)CSCC(=O)Nc2ccc3ccccc3n2)no1. The highest BCUT2D eigenvalue weighted by atomic mass is 32.2. The predicted octanol–water partition coefficient (Wildman–Crippen LogP) is 2.84. The van der Waals surface area contributed by atoms with Crippen molar-refractivity contribution in [3.63, 3.8) is 0 Å². The molecule has 25 heavy (non-hydrogen) atoms. The summed E-state index contributed by atoms with van der Waals surface area (Å²) < 4.78 is 4.86. The largest absolute Gasteiger partial charge is 0.360 e. The fraction of sp³-hybridized carbons (Fsp3) is 0.176. The number of nitrogens with one attached hydrogen (secondary N) is 2. The zero-order valence-corrected chi connectivity index (χ0v) is 14.3. The van der Waals surface area contributed by atoms with Crippen LogP contribution < -0.4 is 10.6 Å². The molecule has 8 heteroatoms. The number of benzene rings is 1. The Morgan fingerprint density at radius 3 is 2.48 bits per heavy atom. The van der Waals surface area contributed by atoms with Crippen molar-refractivity contribution in [2.24, 2.45) is 0 Å². The molecule has 0 fully saturated rings. The monoisotopic (exact) mass is 356 g/mol. The molecule has 2 N–H and O–H groups in total. The molecule has 3 rings (SSSR count). The van der Waals surface area contributed by atoms with Gasteiger partial charge in [0.1, 0.15) is 11.6 Å². The van der Waals surface area contributed by atoms with Gasteiger partial charge < -0.3 is 15.2 Å². The standard InChI is InChI=1S/C17H16N4O3S/c1-11-8-15(21-24-11)20-17(23)10-25-9-16(22)19-14-7-6-12-4-2-3-5-13(12)18-14/h2-8H,9-10H2,1H3,(H,18,19,22)(H,20,21,23). The summed E-state index contributed by atoms with van der Waals surface area (Å²) in [5.74, 6) is 1.32. The van der Waals surface area contributed by atoms with Crippen molar-refractivity contribution in [1.29, 1.82) is 0 Å². The average Bonchev–Trinajstić information content (AvgIpc) is 2.99. The second-order valence-corrected chi connectivity index (χ2v) is 6.29. The molecule has 0 spiro atoms. The maximum atomic E-state index is 12.0. The number of aryl methyl sites for hydroxylation is 1. The summed E-state index contributed by atoms with van der Waals surface area (Å²) in [5, 5.41) is 10.0. The molecule has 2 amide bonds. The number of para-hydroxylation sites is 1. The van der Waals surface area contributed by atoms with Crippen LogP contribution in [0.3, 0.4) is 0 Å². The minimum absolute atomic E-state index is 0.143. The second kappa shape index (κ2) is 7.80. The van der Waals surface area contributed by atoms with E-state index in [1.54, 1.807) is 19.1 Å². The van der Waals surface area contributed by atoms with Crippen LogP contribution in [0.25, 0.3) is 10.9 Å². The number of thioether (sulfide) groups is 1. The minimum atomic E-state index is -0.241. The van der Waals surface area contributed by atoms with E-state index in [-0.39, 0.29) is 23.3 Å². The van der Waals surface area contributed by atoms with Gasteiger partial charge in [0.2, 0.25) is 11.8 Å². The highest BCUT2D eigenvalue weighted by Crippen LogP contribution is 2.15. The molecule has 0 saturated carbocycles. The molecular formula is C17H16N4O3S. The first-order chi connectivity index (χ1) is 12.1. The Hall–Kier alpha value is -2.87. The summed E-state index contributed by atoms with van der Waals surface area (Å²) in [6.45, 7) is 1.74. The lowest BCUT2D eigenvalue weighted by Crippen LogP contribution is -2.19. The highest BCUT2D eigenvalue weighted by molar-refractivity contribution is 8.00. The molecule has 3 aromatic rings. The normalized spacial score (nSPS) is 10.6. The van der Waals surface area contributed by atoms with Crippen molar-refractivity contribution in [2.45, 2.75) is 6.92 Å². The molecule has 0 atom stereocenters. The Kier molecular flexibility index (Phi) is 5.30. The third kappa shape index (κ3) is 4.80. The van der Waals surface area contributed by atoms with Crippen LogP contribution in [0.4, 0.5) is 11.6 Å². The zero-order valence-electron chi connectivity index (χ0n) is 13.5. The maximum Gasteiger partial charge on any atom is 0.235 e. The molecular weight excluding hydrogens is 340 g/mol. The number of rotatable bonds is 6. The number of anilines is 2. The number of fused-ring (bicyclic) bond motifs is 1. The molecule has 0 aliphatic carbocycles. The molecule has 2 aromatic heterocycles. The number of hydrogen-bond acceptors (Lipinski definition) is 6. The van der Waals surface area contributed by atoms with Crippen molar-refractivity contribution in [2.75, 3.05) is 22.1 Å². The van der Waals surface area contributed by atoms with E-state index in [2.05, 4.69) is 20.8 Å². The van der Waals surface area contributed by atoms with Crippen LogP contribution in [0.2, 0.25) is 0 Å². The zero-order chi connectivity index (χ0) is 17.6. The molecule has 0 saturated heterocycles. The van der Waals surface area contributed by atoms with Crippen LogP contribution in [-0.2, 0) is 9.59 Å². The Balaban J connectivity index is 1.45. The number of aromatic nitrogens is 2. The van der Waals surface area contributed by atoms with Gasteiger partial charge in [-0.3, -0.25) is 9.59 Å². The van der Waals surface area contributed by atoms with Crippen molar-refractivity contribution in [1.82, 2.24) is 10.1 Å². The fourth-order valence-corrected chi connectivity index (χ4v) is 2.77. The van der Waals surface area contributed by atoms with Gasteiger partial charge in [-0.05, 0) is 25.1 Å². The number of amides is 2. The third-order valence-electron chi connectivity index (χ3n) is 3.23. The van der Waals surface area contributed by atoms with Gasteiger partial charge >= 0.3 is 0 Å². The molecule has 0 aliphatic rings. The van der Waals surface area contributed by atoms with E-state index in [9.17, 15) is 9.59 Å². The van der Waals surface area contributed by atoms with Gasteiger partial charge in [0.25, 0.3) is 0 Å². The summed E-state index contributed by atoms with van der Waals surface area (Å²) in [4.78, 5) is 28.1. The lowest BCUT2D eigenvalue weighted by atomic mass is 10.2. The molecule has 128 valence electrons. The lowest BCUT2D eigenvalue weighted by Gasteiger charge is -2.05. The molecule has 7 nitrogen and oxygen atoms in total. The average molecular weight is 356 g/mol. The van der Waals surface area contributed by atoms with Crippen molar-refractivity contribution in [3.8, 4) is 0 Å². The summed E-state index contributed by atoms with van der Waals surface area (Å²) in [5.41, 5.74) is 0.815. The van der Waals surface area contributed by atoms with E-state index in [0.29, 0.717) is 17.4 Å². The van der Waals surface area contributed by atoms with Gasteiger partial charge in [0.15, 0.2) is 5.82 Å². The van der Waals surface area contributed by atoms with Crippen LogP contribution in [0.5, 0.6) is 0 Å². The number of carbonyl (C=O) groups excluding carboxylic acids is 2. The first-order valence-corrected chi connectivity index (χ1v) is 8.72. The topological polar surface area (TPSA) is 97.1 Å². The van der Waals surface area contributed by atoms with Gasteiger partial charge in [-0.15, -0.1) is 11.8 Å². The Bertz CT molecular complexity index is 910. The quantitative estimate of drug-likeness (QED) is 0.705. The Morgan fingerprint density at radius 2 is 1.76 bits per heavy atom. The van der Waals surface area contributed by atoms with Gasteiger partial charge in [-0.25, -0.2) is 4.98 Å². The maximum absolute atomic E-state index is 12.0. The molecule has 0 radical (unpaired) electrons. The molecule has 1 aromatic carbocycles. The van der Waals surface area contributed by atoms with Crippen molar-refractivity contribution in [3.05, 3.63) is 48.2 Å². The van der Waals surface area contributed by atoms with E-state index in [0.717, 1.165) is 10.9 Å². The van der Waals surface area contributed by atoms with Gasteiger partial charge in [0.05, 0.1) is 17.0 Å². The van der Waals surface area contributed by atoms with Gasteiger partial charge in [0, 0.05) is 11.5 Å². The molecule has 0 unspecified atom stereocenters. The van der Waals surface area contributed by atoms with Crippen LogP contribution in [0.1, 0.15) is 5.76 Å². The minimum Gasteiger partial charge on any atom is -0.360 e. The number of hydrogen-bond donors (Lipinski definition) is 2. The number of pyridine rings is 1. The molecule has 0 bridgehead atoms. The van der Waals surface area contributed by atoms with Crippen molar-refractivity contribution < 1.29 is 14.1 Å². The van der Waals surface area contributed by atoms with E-state index in [1.807, 2.05) is 30.3 Å². The summed E-state index contributed by atoms with van der Waals surface area (Å²) >= 11 is 1.21. The summed E-state index contributed by atoms with van der Waals surface area (Å²) in [6.07, 6.45) is 0. The van der Waals surface area contributed by atoms with Crippen LogP contribution in [0, 0.1) is 6.92 Å². The first-order valence-electron chi connectivity index (χ1n) is 7.57. The molecule has 2 heterocycles. The number of carbonyl (C=O) groups is 2. The van der Waals surface area contributed by atoms with E-state index >= 15 is 0 Å². The summed E-state index contributed by atoms with van der Waals surface area (Å²) in [7, 11) is 0. The van der Waals surface area contributed by atoms with Gasteiger partial charge in [-0.2, -0.15) is 0 Å². The Labute approximate surface area is 148 Å². The van der Waals surface area contributed by atoms with Crippen LogP contribution in [0.15, 0.2) is 47.0 Å². The number of nitrogens with zero attached hydrogens (tertiary/aromatic N) is 2.